The summed E-state index contributed by atoms with van der Waals surface area (Å²) in [4.78, 5) is 11.6. The van der Waals surface area contributed by atoms with Crippen LogP contribution in [0.25, 0.3) is 0 Å². The molecule has 4 aliphatic carbocycles. The highest BCUT2D eigenvalue weighted by atomic mass is 16.3. The molecule has 2 bridgehead atoms. The van der Waals surface area contributed by atoms with Crippen LogP contribution in [0.5, 0.6) is 0 Å². The van der Waals surface area contributed by atoms with Crippen LogP contribution in [0.1, 0.15) is 39.5 Å². The molecule has 0 aromatic rings. The van der Waals surface area contributed by atoms with Crippen LogP contribution in [0.2, 0.25) is 0 Å². The molecule has 1 N–H and O–H groups in total. The number of aliphatic hydroxyl groups is 1. The van der Waals surface area contributed by atoms with Gasteiger partial charge in [0, 0.05) is 17.3 Å². The zero-order valence-corrected chi connectivity index (χ0v) is 11.3. The van der Waals surface area contributed by atoms with Gasteiger partial charge < -0.3 is 9.90 Å². The highest BCUT2D eigenvalue weighted by Crippen LogP contribution is 2.83. The third kappa shape index (κ3) is 0.956. The Kier molecular flexibility index (Phi) is 2.27. The van der Waals surface area contributed by atoms with Crippen molar-refractivity contribution in [1.82, 2.24) is 0 Å². The first kappa shape index (κ1) is 12.2. The van der Waals surface area contributed by atoms with E-state index in [1.807, 2.05) is 6.08 Å². The molecule has 0 aromatic carbocycles. The fourth-order valence-corrected chi connectivity index (χ4v) is 5.53. The van der Waals surface area contributed by atoms with Crippen LogP contribution in [0.4, 0.5) is 0 Å². The lowest BCUT2D eigenvalue weighted by Crippen LogP contribution is -2.70. The summed E-state index contributed by atoms with van der Waals surface area (Å²) in [6.45, 7) is 7.87. The highest BCUT2D eigenvalue weighted by molar-refractivity contribution is 5.77. The van der Waals surface area contributed by atoms with Gasteiger partial charge in [-0.3, -0.25) is 0 Å². The van der Waals surface area contributed by atoms with Crippen LogP contribution >= 0.6 is 0 Å². The van der Waals surface area contributed by atoms with Gasteiger partial charge in [0.25, 0.3) is 0 Å². The van der Waals surface area contributed by atoms with Gasteiger partial charge in [-0.15, -0.1) is 6.58 Å². The van der Waals surface area contributed by atoms with E-state index in [1.165, 1.54) is 0 Å². The molecule has 3 fully saturated rings. The largest absolute Gasteiger partial charge is 0.392 e. The molecular formula is C16H22O2. The summed E-state index contributed by atoms with van der Waals surface area (Å²) in [5.74, 6) is 0.511. The van der Waals surface area contributed by atoms with Gasteiger partial charge in [0.2, 0.25) is 0 Å². The number of rotatable bonds is 3. The van der Waals surface area contributed by atoms with Crippen LogP contribution in [-0.2, 0) is 4.79 Å². The van der Waals surface area contributed by atoms with E-state index >= 15 is 0 Å². The van der Waals surface area contributed by atoms with Gasteiger partial charge in [-0.2, -0.15) is 0 Å². The number of fused-ring (bicyclic) bond motifs is 1. The molecule has 0 aromatic heterocycles. The molecule has 2 heteroatoms. The Morgan fingerprint density at radius 3 is 2.94 bits per heavy atom. The molecule has 0 radical (unpaired) electrons. The smallest absolute Gasteiger partial charge is 0.130 e. The Morgan fingerprint density at radius 2 is 2.33 bits per heavy atom. The number of carbonyl (C=O) groups excluding carboxylic acids is 1. The van der Waals surface area contributed by atoms with E-state index in [0.717, 1.165) is 19.3 Å². The Morgan fingerprint density at radius 1 is 1.61 bits per heavy atom. The predicted octanol–water partition coefficient (Wildman–Crippen LogP) is 2.88. The van der Waals surface area contributed by atoms with Crippen molar-refractivity contribution >= 4 is 5.78 Å². The van der Waals surface area contributed by atoms with Crippen LogP contribution in [-0.4, -0.2) is 17.0 Å². The average Bonchev–Trinajstić information content (AvgIpc) is 2.70. The number of ketones is 1. The summed E-state index contributed by atoms with van der Waals surface area (Å²) in [6, 6.07) is 0. The van der Waals surface area contributed by atoms with Gasteiger partial charge in [0.05, 0.1) is 6.10 Å². The second kappa shape index (κ2) is 3.36. The van der Waals surface area contributed by atoms with E-state index < -0.39 is 0 Å². The van der Waals surface area contributed by atoms with E-state index in [1.54, 1.807) is 6.92 Å². The minimum Gasteiger partial charge on any atom is -0.392 e. The van der Waals surface area contributed by atoms with Crippen LogP contribution in [0, 0.1) is 22.2 Å². The van der Waals surface area contributed by atoms with Gasteiger partial charge in [0.1, 0.15) is 5.78 Å². The number of aliphatic hydroxyl groups excluding tert-OH is 1. The molecule has 98 valence electrons. The minimum atomic E-state index is -0.376. The summed E-state index contributed by atoms with van der Waals surface area (Å²) < 4.78 is 0. The predicted molar refractivity (Wildman–Crippen MR) is 71.0 cm³/mol. The second-order valence-corrected chi connectivity index (χ2v) is 6.69. The van der Waals surface area contributed by atoms with Crippen molar-refractivity contribution in [3.05, 3.63) is 24.8 Å². The van der Waals surface area contributed by atoms with Crippen molar-refractivity contribution in [2.45, 2.75) is 45.6 Å². The summed E-state index contributed by atoms with van der Waals surface area (Å²) in [5, 5.41) is 10.7. The Bertz CT molecular complexity index is 452. The van der Waals surface area contributed by atoms with Crippen molar-refractivity contribution in [1.29, 1.82) is 0 Å². The maximum Gasteiger partial charge on any atom is 0.130 e. The molecule has 4 rings (SSSR count). The van der Waals surface area contributed by atoms with Gasteiger partial charge in [-0.05, 0) is 37.5 Å². The third-order valence-electron chi connectivity index (χ3n) is 6.28. The average molecular weight is 246 g/mol. The molecule has 0 unspecified atom stereocenters. The maximum atomic E-state index is 11.6. The molecule has 1 spiro atoms. The fourth-order valence-electron chi connectivity index (χ4n) is 5.53. The summed E-state index contributed by atoms with van der Waals surface area (Å²) in [6.07, 6.45) is 9.61. The van der Waals surface area contributed by atoms with E-state index in [9.17, 15) is 9.90 Å². The molecule has 5 atom stereocenters. The Balaban J connectivity index is 2.12. The zero-order chi connectivity index (χ0) is 13.2. The minimum absolute atomic E-state index is 0.0681. The molecular weight excluding hydrogens is 224 g/mol. The van der Waals surface area contributed by atoms with Gasteiger partial charge in [-0.25, -0.2) is 0 Å². The molecule has 0 amide bonds. The number of hydrogen-bond donors (Lipinski definition) is 1. The van der Waals surface area contributed by atoms with E-state index in [-0.39, 0.29) is 28.1 Å². The molecule has 0 aliphatic heterocycles. The first-order valence-corrected chi connectivity index (χ1v) is 6.92. The second-order valence-electron chi connectivity index (χ2n) is 6.69. The molecule has 4 aliphatic rings. The summed E-state index contributed by atoms with van der Waals surface area (Å²) in [7, 11) is 0. The molecule has 18 heavy (non-hydrogen) atoms. The van der Waals surface area contributed by atoms with Crippen molar-refractivity contribution in [3.8, 4) is 0 Å². The van der Waals surface area contributed by atoms with Crippen molar-refractivity contribution < 1.29 is 9.90 Å². The maximum absolute atomic E-state index is 11.6. The topological polar surface area (TPSA) is 37.3 Å². The van der Waals surface area contributed by atoms with Crippen LogP contribution in [0.15, 0.2) is 24.8 Å². The van der Waals surface area contributed by atoms with Crippen molar-refractivity contribution in [2.75, 3.05) is 0 Å². The first-order chi connectivity index (χ1) is 8.44. The van der Waals surface area contributed by atoms with E-state index in [0.29, 0.717) is 12.3 Å². The lowest BCUT2D eigenvalue weighted by molar-refractivity contribution is -0.244. The summed E-state index contributed by atoms with van der Waals surface area (Å²) in [5.41, 5.74) is -0.288. The standard InChI is InChI=1S/C16H22O2/c1-4-12-10-15(9-11(2)17)13(18)16(12)8-6-5-7-14(15,16)3/h4,6,8,12-13,18H,1,5,7,9-10H2,2-3H3/t12-,13-,14-,15+,16-/m0/s1. The summed E-state index contributed by atoms with van der Waals surface area (Å²) >= 11 is 0. The lowest BCUT2D eigenvalue weighted by atomic mass is 9.36. The molecule has 3 saturated carbocycles. The normalized spacial score (nSPS) is 52.6. The van der Waals surface area contributed by atoms with Crippen molar-refractivity contribution in [2.24, 2.45) is 22.2 Å². The number of carbonyl (C=O) groups is 1. The van der Waals surface area contributed by atoms with E-state index in [2.05, 4.69) is 25.7 Å². The fraction of sp³-hybridized carbons (Fsp3) is 0.688. The van der Waals surface area contributed by atoms with Gasteiger partial charge >= 0.3 is 0 Å². The van der Waals surface area contributed by atoms with Gasteiger partial charge in [0.15, 0.2) is 0 Å². The van der Waals surface area contributed by atoms with Crippen LogP contribution < -0.4 is 0 Å². The van der Waals surface area contributed by atoms with Crippen LogP contribution in [0.3, 0.4) is 0 Å². The molecule has 0 saturated heterocycles. The number of Topliss-reactive ketones (excluding diaryl/α,β-unsaturated/α-hetero) is 1. The molecule has 0 heterocycles. The monoisotopic (exact) mass is 246 g/mol. The highest BCUT2D eigenvalue weighted by Gasteiger charge is 2.83. The third-order valence-corrected chi connectivity index (χ3v) is 6.28. The van der Waals surface area contributed by atoms with Crippen molar-refractivity contribution in [3.63, 3.8) is 0 Å². The lowest BCUT2D eigenvalue weighted by Gasteiger charge is -2.68. The number of hydrogen-bond acceptors (Lipinski definition) is 2. The number of allylic oxidation sites excluding steroid dienone is 2. The Hall–Kier alpha value is -0.890. The first-order valence-electron chi connectivity index (χ1n) is 6.92. The SMILES string of the molecule is C=C[C@H]1C[C@]2(CC(C)=O)[C@H](O)[C@]13C=CCC[C@@]23C. The molecule has 2 nitrogen and oxygen atoms in total. The van der Waals surface area contributed by atoms with Gasteiger partial charge in [-0.1, -0.05) is 25.2 Å². The van der Waals surface area contributed by atoms with E-state index in [4.69, 9.17) is 0 Å². The quantitative estimate of drug-likeness (QED) is 0.777. The Labute approximate surface area is 109 Å². The zero-order valence-electron chi connectivity index (χ0n) is 11.3.